The zero-order valence-electron chi connectivity index (χ0n) is 14.7. The summed E-state index contributed by atoms with van der Waals surface area (Å²) in [6.07, 6.45) is 0.828. The van der Waals surface area contributed by atoms with Crippen molar-refractivity contribution in [3.8, 4) is 5.75 Å². The number of hydrogen-bond donors (Lipinski definition) is 0. The topological polar surface area (TPSA) is 94.6 Å². The fourth-order valence-electron chi connectivity index (χ4n) is 2.92. The molecule has 0 aromatic heterocycles. The first kappa shape index (κ1) is 20.6. The van der Waals surface area contributed by atoms with Crippen molar-refractivity contribution in [3.63, 3.8) is 0 Å². The summed E-state index contributed by atoms with van der Waals surface area (Å²) in [5.74, 6) is -2.10. The van der Waals surface area contributed by atoms with Crippen LogP contribution in [0.4, 0.5) is 0 Å². The monoisotopic (exact) mass is 400 g/mol. The lowest BCUT2D eigenvalue weighted by Crippen LogP contribution is -2.30. The molecule has 0 amide bonds. The number of ether oxygens (including phenoxy) is 1. The third-order valence-corrected chi connectivity index (χ3v) is 6.51. The molecule has 1 fully saturated rings. The number of rotatable bonds is 7. The van der Waals surface area contributed by atoms with Crippen molar-refractivity contribution in [3.05, 3.63) is 22.7 Å². The van der Waals surface area contributed by atoms with E-state index < -0.39 is 21.5 Å². The Morgan fingerprint density at radius 3 is 2.35 bits per heavy atom. The van der Waals surface area contributed by atoms with Gasteiger partial charge in [0.2, 0.25) is 0 Å². The number of benzene rings is 1. The largest absolute Gasteiger partial charge is 0.491 e. The fraction of sp³-hybridized carbons (Fsp3) is 0.500. The summed E-state index contributed by atoms with van der Waals surface area (Å²) in [5, 5.41) is -0.109. The fourth-order valence-corrected chi connectivity index (χ4v) is 4.33. The Balaban J connectivity index is 2.40. The molecule has 0 heterocycles. The van der Waals surface area contributed by atoms with Crippen LogP contribution in [0.5, 0.6) is 5.75 Å². The van der Waals surface area contributed by atoms with Crippen molar-refractivity contribution >= 4 is 38.8 Å². The van der Waals surface area contributed by atoms with Crippen molar-refractivity contribution in [2.45, 2.75) is 44.4 Å². The third-order valence-electron chi connectivity index (χ3n) is 4.38. The van der Waals surface area contributed by atoms with Gasteiger partial charge in [0, 0.05) is 24.8 Å². The number of hydrogen-bond acceptors (Lipinski definition) is 6. The minimum Gasteiger partial charge on any atom is -0.491 e. The number of carbonyl (C=O) groups excluding carboxylic acids is 3. The molecule has 1 saturated carbocycles. The van der Waals surface area contributed by atoms with E-state index in [0.717, 1.165) is 0 Å². The molecular formula is C18H21ClO6S. The molecule has 26 heavy (non-hydrogen) atoms. The SMILES string of the molecule is CCOc1c(S(=O)(=O)CC)ccc(C(=O)CC2C(=O)CCCC2=O)c1Cl. The van der Waals surface area contributed by atoms with Crippen molar-refractivity contribution in [2.75, 3.05) is 12.4 Å². The highest BCUT2D eigenvalue weighted by Crippen LogP contribution is 2.37. The van der Waals surface area contributed by atoms with Crippen LogP contribution in [-0.2, 0) is 19.4 Å². The molecule has 6 nitrogen and oxygen atoms in total. The van der Waals surface area contributed by atoms with Crippen LogP contribution in [-0.4, -0.2) is 38.1 Å². The Morgan fingerprint density at radius 1 is 1.19 bits per heavy atom. The third kappa shape index (κ3) is 4.15. The molecule has 0 unspecified atom stereocenters. The second kappa shape index (κ2) is 8.31. The highest BCUT2D eigenvalue weighted by molar-refractivity contribution is 7.91. The van der Waals surface area contributed by atoms with E-state index in [0.29, 0.717) is 6.42 Å². The van der Waals surface area contributed by atoms with E-state index in [2.05, 4.69) is 0 Å². The van der Waals surface area contributed by atoms with E-state index in [1.54, 1.807) is 6.92 Å². The highest BCUT2D eigenvalue weighted by atomic mass is 35.5. The zero-order chi connectivity index (χ0) is 19.5. The van der Waals surface area contributed by atoms with Gasteiger partial charge in [0.25, 0.3) is 0 Å². The van der Waals surface area contributed by atoms with E-state index in [9.17, 15) is 22.8 Å². The molecule has 0 radical (unpaired) electrons. The van der Waals surface area contributed by atoms with Crippen molar-refractivity contribution in [1.82, 2.24) is 0 Å². The average molecular weight is 401 g/mol. The summed E-state index contributed by atoms with van der Waals surface area (Å²) in [6, 6.07) is 2.60. The Kier molecular flexibility index (Phi) is 6.58. The first-order valence-electron chi connectivity index (χ1n) is 8.49. The van der Waals surface area contributed by atoms with Crippen LogP contribution in [0, 0.1) is 5.92 Å². The van der Waals surface area contributed by atoms with E-state index >= 15 is 0 Å². The predicted molar refractivity (Wildman–Crippen MR) is 96.7 cm³/mol. The summed E-state index contributed by atoms with van der Waals surface area (Å²) in [4.78, 5) is 36.4. The second-order valence-electron chi connectivity index (χ2n) is 6.06. The first-order chi connectivity index (χ1) is 12.2. The Hall–Kier alpha value is -1.73. The van der Waals surface area contributed by atoms with Crippen LogP contribution >= 0.6 is 11.6 Å². The standard InChI is InChI=1S/C18H21ClO6S/c1-3-25-18-16(26(23,24)4-2)9-8-11(17(18)19)15(22)10-12-13(20)6-5-7-14(12)21/h8-9,12H,3-7,10H2,1-2H3. The Bertz CT molecular complexity index is 827. The van der Waals surface area contributed by atoms with Gasteiger partial charge in [0.1, 0.15) is 16.5 Å². The van der Waals surface area contributed by atoms with Gasteiger partial charge in [-0.15, -0.1) is 0 Å². The Morgan fingerprint density at radius 2 is 1.81 bits per heavy atom. The molecule has 0 atom stereocenters. The van der Waals surface area contributed by atoms with Crippen LogP contribution in [0.3, 0.4) is 0 Å². The van der Waals surface area contributed by atoms with Crippen LogP contribution in [0.2, 0.25) is 5.02 Å². The van der Waals surface area contributed by atoms with E-state index in [-0.39, 0.29) is 64.4 Å². The summed E-state index contributed by atoms with van der Waals surface area (Å²) >= 11 is 6.26. The summed E-state index contributed by atoms with van der Waals surface area (Å²) < 4.78 is 29.8. The normalized spacial score (nSPS) is 16.0. The molecule has 0 N–H and O–H groups in total. The number of carbonyl (C=O) groups is 3. The highest BCUT2D eigenvalue weighted by Gasteiger charge is 2.33. The molecule has 2 rings (SSSR count). The molecule has 1 aliphatic carbocycles. The molecule has 0 spiro atoms. The number of ketones is 3. The van der Waals surface area contributed by atoms with E-state index in [4.69, 9.17) is 16.3 Å². The van der Waals surface area contributed by atoms with Crippen molar-refractivity contribution in [2.24, 2.45) is 5.92 Å². The lowest BCUT2D eigenvalue weighted by atomic mass is 9.82. The van der Waals surface area contributed by atoms with Crippen molar-refractivity contribution < 1.29 is 27.5 Å². The van der Waals surface area contributed by atoms with Gasteiger partial charge in [-0.3, -0.25) is 14.4 Å². The first-order valence-corrected chi connectivity index (χ1v) is 10.5. The van der Waals surface area contributed by atoms with Crippen LogP contribution in [0.25, 0.3) is 0 Å². The average Bonchev–Trinajstić information content (AvgIpc) is 2.59. The van der Waals surface area contributed by atoms with Crippen molar-refractivity contribution in [1.29, 1.82) is 0 Å². The van der Waals surface area contributed by atoms with Gasteiger partial charge in [-0.05, 0) is 25.5 Å². The van der Waals surface area contributed by atoms with Gasteiger partial charge in [0.05, 0.1) is 23.3 Å². The maximum atomic E-state index is 12.6. The zero-order valence-corrected chi connectivity index (χ0v) is 16.3. The predicted octanol–water partition coefficient (Wildman–Crippen LogP) is 3.04. The van der Waals surface area contributed by atoms with Gasteiger partial charge >= 0.3 is 0 Å². The lowest BCUT2D eigenvalue weighted by Gasteiger charge is -2.19. The quantitative estimate of drug-likeness (QED) is 0.515. The van der Waals surface area contributed by atoms with E-state index in [1.807, 2.05) is 0 Å². The number of Topliss-reactive ketones (excluding diaryl/α,β-unsaturated/α-hetero) is 3. The maximum Gasteiger partial charge on any atom is 0.181 e. The smallest absolute Gasteiger partial charge is 0.181 e. The lowest BCUT2D eigenvalue weighted by molar-refractivity contribution is -0.135. The minimum atomic E-state index is -3.59. The molecule has 0 aliphatic heterocycles. The summed E-state index contributed by atoms with van der Waals surface area (Å²) in [6.45, 7) is 3.34. The molecular weight excluding hydrogens is 380 g/mol. The number of sulfone groups is 1. The molecule has 0 saturated heterocycles. The molecule has 1 aliphatic rings. The van der Waals surface area contributed by atoms with Crippen LogP contribution in [0.1, 0.15) is 49.9 Å². The number of halogens is 1. The molecule has 0 bridgehead atoms. The molecule has 1 aromatic carbocycles. The van der Waals surface area contributed by atoms with Gasteiger partial charge in [-0.2, -0.15) is 0 Å². The van der Waals surface area contributed by atoms with Crippen LogP contribution in [0.15, 0.2) is 17.0 Å². The second-order valence-corrected chi connectivity index (χ2v) is 8.68. The molecule has 8 heteroatoms. The maximum absolute atomic E-state index is 12.6. The Labute approximate surface area is 157 Å². The van der Waals surface area contributed by atoms with Gasteiger partial charge in [0.15, 0.2) is 21.4 Å². The van der Waals surface area contributed by atoms with Crippen LogP contribution < -0.4 is 4.74 Å². The molecule has 142 valence electrons. The summed E-state index contributed by atoms with van der Waals surface area (Å²) in [7, 11) is -3.59. The minimum absolute atomic E-state index is 0.0522. The van der Waals surface area contributed by atoms with Gasteiger partial charge < -0.3 is 4.74 Å². The van der Waals surface area contributed by atoms with Gasteiger partial charge in [-0.25, -0.2) is 8.42 Å². The van der Waals surface area contributed by atoms with E-state index in [1.165, 1.54) is 19.1 Å². The van der Waals surface area contributed by atoms with Gasteiger partial charge in [-0.1, -0.05) is 18.5 Å². The summed E-state index contributed by atoms with van der Waals surface area (Å²) in [5.41, 5.74) is 0.0522. The molecule has 1 aromatic rings.